The predicted octanol–water partition coefficient (Wildman–Crippen LogP) is 3.14. The van der Waals surface area contributed by atoms with Crippen molar-refractivity contribution in [2.45, 2.75) is 33.3 Å². The molecule has 0 bridgehead atoms. The van der Waals surface area contributed by atoms with E-state index in [0.717, 1.165) is 12.5 Å². The maximum atomic E-state index is 5.35. The average Bonchev–Trinajstić information content (AvgIpc) is 2.24. The van der Waals surface area contributed by atoms with Crippen LogP contribution in [0.1, 0.15) is 32.3 Å². The van der Waals surface area contributed by atoms with Crippen molar-refractivity contribution in [2.24, 2.45) is 5.92 Å². The Labute approximate surface area is 92.6 Å². The SMILES string of the molecule is CC(C)CCCNOCc1ccccc1. The molecular formula is C13H21NO. The van der Waals surface area contributed by atoms with Gasteiger partial charge in [0.25, 0.3) is 0 Å². The lowest BCUT2D eigenvalue weighted by Gasteiger charge is -2.07. The Morgan fingerprint density at radius 1 is 1.20 bits per heavy atom. The lowest BCUT2D eigenvalue weighted by molar-refractivity contribution is 0.0269. The molecule has 1 N–H and O–H groups in total. The van der Waals surface area contributed by atoms with E-state index >= 15 is 0 Å². The van der Waals surface area contributed by atoms with Crippen LogP contribution in [0.15, 0.2) is 30.3 Å². The van der Waals surface area contributed by atoms with Crippen LogP contribution in [0.3, 0.4) is 0 Å². The van der Waals surface area contributed by atoms with Gasteiger partial charge in [-0.2, -0.15) is 0 Å². The summed E-state index contributed by atoms with van der Waals surface area (Å²) in [7, 11) is 0. The van der Waals surface area contributed by atoms with E-state index in [4.69, 9.17) is 4.84 Å². The summed E-state index contributed by atoms with van der Waals surface area (Å²) in [6, 6.07) is 10.2. The molecule has 0 fully saturated rings. The lowest BCUT2D eigenvalue weighted by Crippen LogP contribution is -2.16. The van der Waals surface area contributed by atoms with Crippen LogP contribution >= 0.6 is 0 Å². The number of hydroxylamine groups is 1. The minimum atomic E-state index is 0.641. The van der Waals surface area contributed by atoms with Crippen molar-refractivity contribution in [1.82, 2.24) is 5.48 Å². The van der Waals surface area contributed by atoms with Gasteiger partial charge in [-0.3, -0.25) is 4.84 Å². The molecule has 1 aromatic rings. The van der Waals surface area contributed by atoms with Gasteiger partial charge < -0.3 is 0 Å². The monoisotopic (exact) mass is 207 g/mol. The van der Waals surface area contributed by atoms with Crippen molar-refractivity contribution >= 4 is 0 Å². The van der Waals surface area contributed by atoms with E-state index in [1.165, 1.54) is 18.4 Å². The Morgan fingerprint density at radius 3 is 2.60 bits per heavy atom. The molecule has 2 heteroatoms. The van der Waals surface area contributed by atoms with Crippen LogP contribution in [0.4, 0.5) is 0 Å². The molecule has 0 aliphatic carbocycles. The summed E-state index contributed by atoms with van der Waals surface area (Å²) >= 11 is 0. The highest BCUT2D eigenvalue weighted by atomic mass is 16.6. The molecule has 1 aromatic carbocycles. The minimum absolute atomic E-state index is 0.641. The summed E-state index contributed by atoms with van der Waals surface area (Å²) in [6.45, 7) is 6.06. The summed E-state index contributed by atoms with van der Waals surface area (Å²) in [5, 5.41) is 0. The first-order chi connectivity index (χ1) is 7.29. The van der Waals surface area contributed by atoms with Crippen molar-refractivity contribution in [2.75, 3.05) is 6.54 Å². The van der Waals surface area contributed by atoms with E-state index in [2.05, 4.69) is 31.5 Å². The van der Waals surface area contributed by atoms with Crippen molar-refractivity contribution in [1.29, 1.82) is 0 Å². The first-order valence-corrected chi connectivity index (χ1v) is 5.67. The molecule has 0 aliphatic rings. The predicted molar refractivity (Wildman–Crippen MR) is 63.3 cm³/mol. The van der Waals surface area contributed by atoms with E-state index in [0.29, 0.717) is 6.61 Å². The maximum absolute atomic E-state index is 5.35. The Kier molecular flexibility index (Phi) is 6.05. The molecule has 2 nitrogen and oxygen atoms in total. The van der Waals surface area contributed by atoms with E-state index < -0.39 is 0 Å². The number of rotatable bonds is 7. The molecule has 1 rings (SSSR count). The number of hydrogen-bond acceptors (Lipinski definition) is 2. The van der Waals surface area contributed by atoms with Crippen LogP contribution in [0, 0.1) is 5.92 Å². The molecule has 0 aromatic heterocycles. The highest BCUT2D eigenvalue weighted by molar-refractivity contribution is 5.13. The fourth-order valence-corrected chi connectivity index (χ4v) is 1.36. The van der Waals surface area contributed by atoms with Gasteiger partial charge in [0.1, 0.15) is 0 Å². The maximum Gasteiger partial charge on any atom is 0.0933 e. The van der Waals surface area contributed by atoms with Gasteiger partial charge in [-0.15, -0.1) is 0 Å². The zero-order valence-corrected chi connectivity index (χ0v) is 9.70. The highest BCUT2D eigenvalue weighted by Gasteiger charge is 1.94. The van der Waals surface area contributed by atoms with Gasteiger partial charge in [-0.1, -0.05) is 44.2 Å². The molecule has 0 saturated carbocycles. The number of benzene rings is 1. The van der Waals surface area contributed by atoms with Crippen LogP contribution in [-0.4, -0.2) is 6.54 Å². The topological polar surface area (TPSA) is 21.3 Å². The molecule has 84 valence electrons. The largest absolute Gasteiger partial charge is 0.297 e. The summed E-state index contributed by atoms with van der Waals surface area (Å²) in [6.07, 6.45) is 2.42. The van der Waals surface area contributed by atoms with Gasteiger partial charge in [0.15, 0.2) is 0 Å². The molecule has 0 radical (unpaired) electrons. The van der Waals surface area contributed by atoms with Crippen LogP contribution in [0.25, 0.3) is 0 Å². The minimum Gasteiger partial charge on any atom is -0.297 e. The second-order valence-electron chi connectivity index (χ2n) is 4.20. The quantitative estimate of drug-likeness (QED) is 0.548. The van der Waals surface area contributed by atoms with E-state index in [1.54, 1.807) is 0 Å². The Morgan fingerprint density at radius 2 is 1.93 bits per heavy atom. The molecular weight excluding hydrogens is 186 g/mol. The Hall–Kier alpha value is -0.860. The van der Waals surface area contributed by atoms with Crippen LogP contribution in [-0.2, 0) is 11.4 Å². The third kappa shape index (κ3) is 6.26. The van der Waals surface area contributed by atoms with Gasteiger partial charge in [0.2, 0.25) is 0 Å². The Balaban J connectivity index is 1.98. The van der Waals surface area contributed by atoms with Gasteiger partial charge >= 0.3 is 0 Å². The molecule has 15 heavy (non-hydrogen) atoms. The second kappa shape index (κ2) is 7.43. The van der Waals surface area contributed by atoms with Crippen molar-refractivity contribution in [3.05, 3.63) is 35.9 Å². The van der Waals surface area contributed by atoms with Crippen molar-refractivity contribution in [3.63, 3.8) is 0 Å². The second-order valence-corrected chi connectivity index (χ2v) is 4.20. The lowest BCUT2D eigenvalue weighted by atomic mass is 10.1. The Bertz CT molecular complexity index is 246. The highest BCUT2D eigenvalue weighted by Crippen LogP contribution is 2.02. The molecule has 0 amide bonds. The van der Waals surface area contributed by atoms with Gasteiger partial charge in [0, 0.05) is 6.54 Å². The summed E-state index contributed by atoms with van der Waals surface area (Å²) in [5.74, 6) is 0.779. The van der Waals surface area contributed by atoms with Crippen molar-refractivity contribution < 1.29 is 4.84 Å². The van der Waals surface area contributed by atoms with E-state index in [9.17, 15) is 0 Å². The molecule has 0 saturated heterocycles. The van der Waals surface area contributed by atoms with E-state index in [-0.39, 0.29) is 0 Å². The average molecular weight is 207 g/mol. The standard InChI is InChI=1S/C13H21NO/c1-12(2)7-6-10-14-15-11-13-8-4-3-5-9-13/h3-5,8-9,12,14H,6-7,10-11H2,1-2H3. The third-order valence-electron chi connectivity index (χ3n) is 2.24. The molecule has 0 atom stereocenters. The normalized spacial score (nSPS) is 10.9. The summed E-state index contributed by atoms with van der Waals surface area (Å²) < 4.78 is 0. The van der Waals surface area contributed by atoms with Gasteiger partial charge in [0.05, 0.1) is 6.61 Å². The fraction of sp³-hybridized carbons (Fsp3) is 0.538. The first-order valence-electron chi connectivity index (χ1n) is 5.67. The molecule has 0 unspecified atom stereocenters. The van der Waals surface area contributed by atoms with Crippen molar-refractivity contribution in [3.8, 4) is 0 Å². The molecule has 0 spiro atoms. The number of nitrogens with one attached hydrogen (secondary N) is 1. The van der Waals surface area contributed by atoms with E-state index in [1.807, 2.05) is 18.2 Å². The number of hydrogen-bond donors (Lipinski definition) is 1. The summed E-state index contributed by atoms with van der Waals surface area (Å²) in [5.41, 5.74) is 4.19. The van der Waals surface area contributed by atoms with Gasteiger partial charge in [-0.05, 0) is 24.3 Å². The van der Waals surface area contributed by atoms with Gasteiger partial charge in [-0.25, -0.2) is 5.48 Å². The molecule has 0 aliphatic heterocycles. The van der Waals surface area contributed by atoms with Crippen LogP contribution in [0.2, 0.25) is 0 Å². The zero-order chi connectivity index (χ0) is 10.9. The molecule has 0 heterocycles. The third-order valence-corrected chi connectivity index (χ3v) is 2.24. The smallest absolute Gasteiger partial charge is 0.0933 e. The van der Waals surface area contributed by atoms with Crippen LogP contribution in [0.5, 0.6) is 0 Å². The first kappa shape index (κ1) is 12.2. The fourth-order valence-electron chi connectivity index (χ4n) is 1.36. The van der Waals surface area contributed by atoms with Crippen LogP contribution < -0.4 is 5.48 Å². The zero-order valence-electron chi connectivity index (χ0n) is 9.70. The summed E-state index contributed by atoms with van der Waals surface area (Å²) in [4.78, 5) is 5.35.